The van der Waals surface area contributed by atoms with Gasteiger partial charge in [-0.15, -0.1) is 0 Å². The number of rotatable bonds is 2. The molecule has 1 aliphatic heterocycles. The van der Waals surface area contributed by atoms with Crippen molar-refractivity contribution in [3.8, 4) is 11.3 Å². The van der Waals surface area contributed by atoms with E-state index in [1.807, 2.05) is 6.07 Å². The lowest BCUT2D eigenvalue weighted by Gasteiger charge is -2.23. The first-order valence-corrected chi connectivity index (χ1v) is 10.4. The highest BCUT2D eigenvalue weighted by molar-refractivity contribution is 6.00. The van der Waals surface area contributed by atoms with Crippen molar-refractivity contribution in [2.45, 2.75) is 44.6 Å². The largest absolute Gasteiger partial charge is 0.481 e. The van der Waals surface area contributed by atoms with Crippen LogP contribution in [0.5, 0.6) is 0 Å². The summed E-state index contributed by atoms with van der Waals surface area (Å²) >= 11 is 0. The summed E-state index contributed by atoms with van der Waals surface area (Å²) in [7, 11) is 1.57. The molecule has 0 atom stereocenters. The van der Waals surface area contributed by atoms with E-state index < -0.39 is 0 Å². The molecule has 1 aromatic heterocycles. The van der Waals surface area contributed by atoms with Crippen molar-refractivity contribution in [2.75, 3.05) is 19.0 Å². The van der Waals surface area contributed by atoms with Crippen LogP contribution in [0.1, 0.15) is 49.1 Å². The summed E-state index contributed by atoms with van der Waals surface area (Å²) in [6.45, 7) is 1.83. The van der Waals surface area contributed by atoms with Crippen LogP contribution in [0.15, 0.2) is 42.5 Å². The molecule has 2 aliphatic rings. The molecule has 3 aromatic rings. The van der Waals surface area contributed by atoms with Gasteiger partial charge in [0.1, 0.15) is 0 Å². The van der Waals surface area contributed by atoms with Crippen molar-refractivity contribution in [1.29, 1.82) is 5.41 Å². The Bertz CT molecular complexity index is 1040. The number of methoxy groups -OCH3 is 1. The first-order valence-electron chi connectivity index (χ1n) is 10.4. The van der Waals surface area contributed by atoms with Crippen molar-refractivity contribution in [2.24, 2.45) is 0 Å². The van der Waals surface area contributed by atoms with E-state index in [4.69, 9.17) is 10.1 Å². The summed E-state index contributed by atoms with van der Waals surface area (Å²) in [5.74, 6) is 0.843. The molecular formula is C24H27N3O. The second kappa shape index (κ2) is 7.01. The van der Waals surface area contributed by atoms with Crippen LogP contribution in [0.3, 0.4) is 0 Å². The highest BCUT2D eigenvalue weighted by Crippen LogP contribution is 2.46. The van der Waals surface area contributed by atoms with Crippen molar-refractivity contribution in [3.63, 3.8) is 0 Å². The van der Waals surface area contributed by atoms with Gasteiger partial charge in [-0.1, -0.05) is 43.5 Å². The number of nitrogens with one attached hydrogen (secondary N) is 2. The number of anilines is 1. The first-order chi connectivity index (χ1) is 13.8. The third-order valence-electron chi connectivity index (χ3n) is 6.42. The highest BCUT2D eigenvalue weighted by Gasteiger charge is 2.28. The maximum atomic E-state index is 8.11. The van der Waals surface area contributed by atoms with E-state index in [0.717, 1.165) is 18.7 Å². The topological polar surface area (TPSA) is 50.0 Å². The van der Waals surface area contributed by atoms with Crippen LogP contribution < -0.4 is 5.32 Å². The summed E-state index contributed by atoms with van der Waals surface area (Å²) in [5.41, 5.74) is 7.50. The Hall–Kier alpha value is -2.75. The zero-order valence-corrected chi connectivity index (χ0v) is 16.4. The Kier molecular flexibility index (Phi) is 4.34. The maximum Gasteiger partial charge on any atom is 0.212 e. The zero-order valence-electron chi connectivity index (χ0n) is 16.4. The minimum atomic E-state index is 0.226. The number of benzene rings is 2. The maximum absolute atomic E-state index is 8.11. The van der Waals surface area contributed by atoms with Gasteiger partial charge in [-0.05, 0) is 42.5 Å². The lowest BCUT2D eigenvalue weighted by atomic mass is 9.81. The molecule has 0 radical (unpaired) electrons. The predicted octanol–water partition coefficient (Wildman–Crippen LogP) is 5.75. The van der Waals surface area contributed by atoms with Gasteiger partial charge in [0.25, 0.3) is 0 Å². The molecule has 28 heavy (non-hydrogen) atoms. The molecule has 4 nitrogen and oxygen atoms in total. The van der Waals surface area contributed by atoms with Gasteiger partial charge >= 0.3 is 0 Å². The second-order valence-corrected chi connectivity index (χ2v) is 7.99. The lowest BCUT2D eigenvalue weighted by Crippen LogP contribution is -2.08. The standard InChI is InChI=1S/C24H27N3O/c1-28-24(25)17-11-12-19-21(15-17)27-14-13-26-20-10-6-5-9-18(20)23(27)22(19)16-7-3-2-4-8-16/h5-6,9-12,15-16,25-26H,2-4,7-8,13-14H2,1H3. The van der Waals surface area contributed by atoms with Gasteiger partial charge in [-0.2, -0.15) is 0 Å². The van der Waals surface area contributed by atoms with Crippen molar-refractivity contribution >= 4 is 22.5 Å². The van der Waals surface area contributed by atoms with Gasteiger partial charge in [0.05, 0.1) is 12.8 Å². The number of aromatic nitrogens is 1. The van der Waals surface area contributed by atoms with E-state index in [1.165, 1.54) is 65.5 Å². The highest BCUT2D eigenvalue weighted by atomic mass is 16.5. The van der Waals surface area contributed by atoms with Crippen LogP contribution in [0.25, 0.3) is 22.2 Å². The molecule has 0 saturated heterocycles. The first kappa shape index (κ1) is 17.4. The van der Waals surface area contributed by atoms with Gasteiger partial charge in [0.15, 0.2) is 0 Å². The zero-order chi connectivity index (χ0) is 19.1. The molecule has 5 rings (SSSR count). The van der Waals surface area contributed by atoms with Crippen LogP contribution in [0, 0.1) is 5.41 Å². The van der Waals surface area contributed by atoms with Crippen LogP contribution in [0.4, 0.5) is 5.69 Å². The van der Waals surface area contributed by atoms with Crippen LogP contribution in [0.2, 0.25) is 0 Å². The quantitative estimate of drug-likeness (QED) is 0.444. The molecule has 2 N–H and O–H groups in total. The van der Waals surface area contributed by atoms with Crippen molar-refractivity contribution < 1.29 is 4.74 Å². The molecule has 1 aliphatic carbocycles. The number of fused-ring (bicyclic) bond motifs is 5. The SMILES string of the molecule is COC(=N)c1ccc2c(C3CCCCC3)c3n(c2c1)CCNc1ccccc1-3. The van der Waals surface area contributed by atoms with E-state index in [9.17, 15) is 0 Å². The second-order valence-electron chi connectivity index (χ2n) is 7.99. The molecular weight excluding hydrogens is 346 g/mol. The molecule has 4 heteroatoms. The molecule has 1 fully saturated rings. The molecule has 1 saturated carbocycles. The number of hydrogen-bond acceptors (Lipinski definition) is 3. The van der Waals surface area contributed by atoms with Crippen molar-refractivity contribution in [1.82, 2.24) is 4.57 Å². The Balaban J connectivity index is 1.81. The average Bonchev–Trinajstić information content (AvgIpc) is 2.95. The summed E-state index contributed by atoms with van der Waals surface area (Å²) in [4.78, 5) is 0. The fourth-order valence-corrected chi connectivity index (χ4v) is 5.11. The van der Waals surface area contributed by atoms with Gasteiger partial charge in [0.2, 0.25) is 5.90 Å². The predicted molar refractivity (Wildman–Crippen MR) is 116 cm³/mol. The number of nitrogens with zero attached hydrogens (tertiary/aromatic N) is 1. The molecule has 2 heterocycles. The Morgan fingerprint density at radius 1 is 1.11 bits per heavy atom. The lowest BCUT2D eigenvalue weighted by molar-refractivity contribution is 0.401. The van der Waals surface area contributed by atoms with E-state index in [2.05, 4.69) is 46.3 Å². The normalized spacial score (nSPS) is 16.8. The van der Waals surface area contributed by atoms with Crippen LogP contribution in [-0.4, -0.2) is 24.1 Å². The number of para-hydroxylation sites is 1. The monoisotopic (exact) mass is 373 g/mol. The minimum absolute atomic E-state index is 0.226. The minimum Gasteiger partial charge on any atom is -0.481 e. The Morgan fingerprint density at radius 3 is 2.75 bits per heavy atom. The van der Waals surface area contributed by atoms with Crippen LogP contribution in [-0.2, 0) is 11.3 Å². The van der Waals surface area contributed by atoms with Gasteiger partial charge < -0.3 is 14.6 Å². The average molecular weight is 374 g/mol. The molecule has 0 bridgehead atoms. The summed E-state index contributed by atoms with van der Waals surface area (Å²) in [6.07, 6.45) is 6.55. The fraction of sp³-hybridized carbons (Fsp3) is 0.375. The van der Waals surface area contributed by atoms with E-state index in [1.54, 1.807) is 7.11 Å². The van der Waals surface area contributed by atoms with E-state index in [-0.39, 0.29) is 5.90 Å². The van der Waals surface area contributed by atoms with Gasteiger partial charge in [0, 0.05) is 40.8 Å². The summed E-state index contributed by atoms with van der Waals surface area (Å²) in [6, 6.07) is 15.1. The number of ether oxygens (including phenoxy) is 1. The third-order valence-corrected chi connectivity index (χ3v) is 6.42. The van der Waals surface area contributed by atoms with Gasteiger partial charge in [-0.3, -0.25) is 5.41 Å². The van der Waals surface area contributed by atoms with Gasteiger partial charge in [-0.25, -0.2) is 0 Å². The third kappa shape index (κ3) is 2.70. The summed E-state index contributed by atoms with van der Waals surface area (Å²) < 4.78 is 7.67. The number of hydrogen-bond donors (Lipinski definition) is 2. The Labute approximate surface area is 166 Å². The summed E-state index contributed by atoms with van der Waals surface area (Å²) in [5, 5.41) is 13.1. The van der Waals surface area contributed by atoms with Crippen molar-refractivity contribution in [3.05, 3.63) is 53.6 Å². The fourth-order valence-electron chi connectivity index (χ4n) is 5.11. The molecule has 144 valence electrons. The smallest absolute Gasteiger partial charge is 0.212 e. The Morgan fingerprint density at radius 2 is 1.93 bits per heavy atom. The molecule has 0 spiro atoms. The van der Waals surface area contributed by atoms with E-state index >= 15 is 0 Å². The molecule has 0 unspecified atom stereocenters. The van der Waals surface area contributed by atoms with E-state index in [0.29, 0.717) is 5.92 Å². The molecule has 0 amide bonds. The molecule has 2 aromatic carbocycles. The van der Waals surface area contributed by atoms with Crippen LogP contribution >= 0.6 is 0 Å².